The van der Waals surface area contributed by atoms with Crippen LogP contribution in [0.25, 0.3) is 11.1 Å². The Bertz CT molecular complexity index is 749. The van der Waals surface area contributed by atoms with Crippen LogP contribution in [0.1, 0.15) is 11.1 Å². The molecule has 0 saturated carbocycles. The largest absolute Gasteiger partial charge is 0.508 e. The number of hydrogen-bond acceptors (Lipinski definition) is 2. The van der Waals surface area contributed by atoms with Crippen LogP contribution in [0.2, 0.25) is 0 Å². The maximum Gasteiger partial charge on any atom is 0.119 e. The van der Waals surface area contributed by atoms with E-state index in [1.807, 2.05) is 54.6 Å². The molecule has 21 heavy (non-hydrogen) atoms. The summed E-state index contributed by atoms with van der Waals surface area (Å²) in [5.74, 6) is 0.499. The van der Waals surface area contributed by atoms with Crippen LogP contribution in [-0.2, 0) is 6.42 Å². The molecule has 3 rings (SSSR count). The van der Waals surface area contributed by atoms with Gasteiger partial charge in [-0.25, -0.2) is 0 Å². The van der Waals surface area contributed by atoms with Gasteiger partial charge in [-0.2, -0.15) is 0 Å². The van der Waals surface area contributed by atoms with E-state index in [4.69, 9.17) is 0 Å². The second kappa shape index (κ2) is 5.71. The van der Waals surface area contributed by atoms with Gasteiger partial charge >= 0.3 is 0 Å². The number of rotatable bonds is 3. The number of para-hydroxylation sites is 1. The molecule has 0 fully saturated rings. The van der Waals surface area contributed by atoms with Crippen LogP contribution in [0.4, 0.5) is 0 Å². The summed E-state index contributed by atoms with van der Waals surface area (Å²) >= 11 is 0. The van der Waals surface area contributed by atoms with E-state index in [0.29, 0.717) is 6.42 Å². The summed E-state index contributed by atoms with van der Waals surface area (Å²) in [6.07, 6.45) is 0.490. The van der Waals surface area contributed by atoms with Gasteiger partial charge in [-0.1, -0.05) is 60.7 Å². The standard InChI is InChI=1S/C19H16O2/c20-18-11-5-4-9-15(18)13-17-16(10-6-12-19(17)21)14-7-2-1-3-8-14/h1-12,20-21H,13H2. The second-order valence-corrected chi connectivity index (χ2v) is 4.97. The normalized spacial score (nSPS) is 10.5. The summed E-state index contributed by atoms with van der Waals surface area (Å²) in [6.45, 7) is 0. The maximum absolute atomic E-state index is 10.2. The lowest BCUT2D eigenvalue weighted by atomic mass is 9.94. The number of hydrogen-bond donors (Lipinski definition) is 2. The van der Waals surface area contributed by atoms with Crippen molar-refractivity contribution < 1.29 is 10.2 Å². The van der Waals surface area contributed by atoms with Crippen molar-refractivity contribution >= 4 is 0 Å². The van der Waals surface area contributed by atoms with Gasteiger partial charge in [-0.05, 0) is 28.8 Å². The Hall–Kier alpha value is -2.74. The van der Waals surface area contributed by atoms with E-state index in [2.05, 4.69) is 0 Å². The van der Waals surface area contributed by atoms with Crippen molar-refractivity contribution in [1.29, 1.82) is 0 Å². The molecule has 0 spiro atoms. The zero-order chi connectivity index (χ0) is 14.7. The van der Waals surface area contributed by atoms with E-state index in [1.54, 1.807) is 18.2 Å². The lowest BCUT2D eigenvalue weighted by Crippen LogP contribution is -1.93. The van der Waals surface area contributed by atoms with Crippen LogP contribution in [0.5, 0.6) is 11.5 Å². The quantitative estimate of drug-likeness (QED) is 0.746. The molecule has 2 N–H and O–H groups in total. The van der Waals surface area contributed by atoms with E-state index in [9.17, 15) is 10.2 Å². The zero-order valence-corrected chi connectivity index (χ0v) is 11.5. The Morgan fingerprint density at radius 1 is 0.619 bits per heavy atom. The van der Waals surface area contributed by atoms with Gasteiger partial charge < -0.3 is 10.2 Å². The minimum Gasteiger partial charge on any atom is -0.508 e. The molecule has 0 amide bonds. The highest BCUT2D eigenvalue weighted by atomic mass is 16.3. The van der Waals surface area contributed by atoms with Crippen LogP contribution < -0.4 is 0 Å². The number of benzene rings is 3. The number of aromatic hydroxyl groups is 2. The fourth-order valence-corrected chi connectivity index (χ4v) is 2.50. The Labute approximate surface area is 123 Å². The summed E-state index contributed by atoms with van der Waals surface area (Å²) in [5.41, 5.74) is 3.67. The van der Waals surface area contributed by atoms with Gasteiger partial charge in [0.2, 0.25) is 0 Å². The molecule has 0 aliphatic rings. The van der Waals surface area contributed by atoms with Crippen molar-refractivity contribution in [3.8, 4) is 22.6 Å². The first-order valence-corrected chi connectivity index (χ1v) is 6.89. The van der Waals surface area contributed by atoms with E-state index < -0.39 is 0 Å². The molecule has 104 valence electrons. The predicted molar refractivity (Wildman–Crippen MR) is 84.5 cm³/mol. The third kappa shape index (κ3) is 2.75. The third-order valence-electron chi connectivity index (χ3n) is 3.59. The molecule has 0 unspecified atom stereocenters. The fraction of sp³-hybridized carbons (Fsp3) is 0.0526. The van der Waals surface area contributed by atoms with Crippen molar-refractivity contribution in [3.05, 3.63) is 83.9 Å². The monoisotopic (exact) mass is 276 g/mol. The molecule has 3 aromatic carbocycles. The van der Waals surface area contributed by atoms with Crippen molar-refractivity contribution in [2.45, 2.75) is 6.42 Å². The minimum atomic E-state index is 0.250. The summed E-state index contributed by atoms with van der Waals surface area (Å²) < 4.78 is 0. The molecule has 0 radical (unpaired) electrons. The van der Waals surface area contributed by atoms with Gasteiger partial charge in [0.15, 0.2) is 0 Å². The molecule has 0 bridgehead atoms. The summed E-state index contributed by atoms with van der Waals surface area (Å²) in [7, 11) is 0. The van der Waals surface area contributed by atoms with E-state index >= 15 is 0 Å². The third-order valence-corrected chi connectivity index (χ3v) is 3.59. The zero-order valence-electron chi connectivity index (χ0n) is 11.5. The van der Waals surface area contributed by atoms with E-state index in [1.165, 1.54) is 0 Å². The van der Waals surface area contributed by atoms with Crippen LogP contribution in [0, 0.1) is 0 Å². The SMILES string of the molecule is Oc1ccccc1Cc1c(O)cccc1-c1ccccc1. The van der Waals surface area contributed by atoms with E-state index in [0.717, 1.165) is 22.3 Å². The maximum atomic E-state index is 10.2. The first-order valence-electron chi connectivity index (χ1n) is 6.89. The van der Waals surface area contributed by atoms with Crippen molar-refractivity contribution in [1.82, 2.24) is 0 Å². The molecule has 0 heterocycles. The van der Waals surface area contributed by atoms with Crippen LogP contribution in [0.15, 0.2) is 72.8 Å². The average Bonchev–Trinajstić information content (AvgIpc) is 2.52. The van der Waals surface area contributed by atoms with Gasteiger partial charge in [0, 0.05) is 12.0 Å². The molecule has 0 aliphatic carbocycles. The van der Waals surface area contributed by atoms with Crippen molar-refractivity contribution in [2.75, 3.05) is 0 Å². The van der Waals surface area contributed by atoms with Crippen molar-refractivity contribution in [2.24, 2.45) is 0 Å². The Morgan fingerprint density at radius 3 is 2.05 bits per heavy atom. The Morgan fingerprint density at radius 2 is 1.29 bits per heavy atom. The summed E-state index contributed by atoms with van der Waals surface area (Å²) in [5, 5.41) is 20.2. The molecular weight excluding hydrogens is 260 g/mol. The molecule has 0 aromatic heterocycles. The smallest absolute Gasteiger partial charge is 0.119 e. The molecule has 3 aromatic rings. The van der Waals surface area contributed by atoms with Gasteiger partial charge in [0.25, 0.3) is 0 Å². The average molecular weight is 276 g/mol. The first-order chi connectivity index (χ1) is 10.3. The summed E-state index contributed by atoms with van der Waals surface area (Å²) in [6, 6.07) is 22.7. The molecule has 2 heteroatoms. The van der Waals surface area contributed by atoms with Crippen LogP contribution in [0.3, 0.4) is 0 Å². The second-order valence-electron chi connectivity index (χ2n) is 4.97. The molecule has 0 atom stereocenters. The van der Waals surface area contributed by atoms with Crippen molar-refractivity contribution in [3.63, 3.8) is 0 Å². The highest BCUT2D eigenvalue weighted by Crippen LogP contribution is 2.33. The lowest BCUT2D eigenvalue weighted by molar-refractivity contribution is 0.463. The highest BCUT2D eigenvalue weighted by Gasteiger charge is 2.12. The van der Waals surface area contributed by atoms with Crippen LogP contribution in [-0.4, -0.2) is 10.2 Å². The number of phenolic OH excluding ortho intramolecular Hbond substituents is 2. The highest BCUT2D eigenvalue weighted by molar-refractivity contribution is 5.70. The minimum absolute atomic E-state index is 0.250. The Kier molecular flexibility index (Phi) is 3.61. The van der Waals surface area contributed by atoms with Gasteiger partial charge in [0.05, 0.1) is 0 Å². The lowest BCUT2D eigenvalue weighted by Gasteiger charge is -2.12. The van der Waals surface area contributed by atoms with Gasteiger partial charge in [-0.15, -0.1) is 0 Å². The topological polar surface area (TPSA) is 40.5 Å². The fourth-order valence-electron chi connectivity index (χ4n) is 2.50. The van der Waals surface area contributed by atoms with Gasteiger partial charge in [-0.3, -0.25) is 0 Å². The molecule has 0 saturated heterocycles. The molecule has 0 aliphatic heterocycles. The molecular formula is C19H16O2. The number of phenols is 2. The predicted octanol–water partition coefficient (Wildman–Crippen LogP) is 4.36. The van der Waals surface area contributed by atoms with E-state index in [-0.39, 0.29) is 11.5 Å². The first kappa shape index (κ1) is 13.3. The molecule has 2 nitrogen and oxygen atoms in total. The summed E-state index contributed by atoms with van der Waals surface area (Å²) in [4.78, 5) is 0. The van der Waals surface area contributed by atoms with Crippen LogP contribution >= 0.6 is 0 Å². The van der Waals surface area contributed by atoms with Gasteiger partial charge in [0.1, 0.15) is 11.5 Å². The Balaban J connectivity index is 2.08.